The molecule has 0 aliphatic rings. The van der Waals surface area contributed by atoms with E-state index in [4.69, 9.17) is 11.2 Å². The van der Waals surface area contributed by atoms with Crippen molar-refractivity contribution in [3.63, 3.8) is 0 Å². The molecule has 1 aromatic carbocycles. The lowest BCUT2D eigenvalue weighted by Gasteiger charge is -2.16. The zero-order valence-electron chi connectivity index (χ0n) is 11.2. The lowest BCUT2D eigenvalue weighted by molar-refractivity contribution is -0.145. The maximum Gasteiger partial charge on any atom is 0.446 e. The summed E-state index contributed by atoms with van der Waals surface area (Å²) in [5.74, 6) is 1.81. The van der Waals surface area contributed by atoms with E-state index in [0.29, 0.717) is 5.56 Å². The van der Waals surface area contributed by atoms with Gasteiger partial charge in [0.15, 0.2) is 0 Å². The SMILES string of the molecule is C#CCNC(C(=O)OCC)c1ccc(SC(F)(F)F)cc1. The molecule has 0 spiro atoms. The van der Waals surface area contributed by atoms with E-state index in [-0.39, 0.29) is 29.8 Å². The third-order valence-corrected chi connectivity index (χ3v) is 3.12. The number of carbonyl (C=O) groups is 1. The van der Waals surface area contributed by atoms with Crippen LogP contribution in [0.15, 0.2) is 29.2 Å². The van der Waals surface area contributed by atoms with Crippen molar-refractivity contribution in [1.82, 2.24) is 5.32 Å². The summed E-state index contributed by atoms with van der Waals surface area (Å²) in [5, 5.41) is 2.80. The molecule has 3 nitrogen and oxygen atoms in total. The van der Waals surface area contributed by atoms with Gasteiger partial charge in [0.2, 0.25) is 0 Å². The average molecular weight is 317 g/mol. The maximum atomic E-state index is 12.2. The van der Waals surface area contributed by atoms with Crippen LogP contribution in [0, 0.1) is 12.3 Å². The molecule has 0 amide bonds. The second kappa shape index (κ2) is 7.96. The summed E-state index contributed by atoms with van der Waals surface area (Å²) < 4.78 is 41.7. The Balaban J connectivity index is 2.88. The van der Waals surface area contributed by atoms with Crippen LogP contribution < -0.4 is 5.32 Å². The van der Waals surface area contributed by atoms with Gasteiger partial charge in [-0.2, -0.15) is 13.2 Å². The third kappa shape index (κ3) is 6.10. The van der Waals surface area contributed by atoms with Gasteiger partial charge < -0.3 is 4.74 Å². The molecule has 1 unspecified atom stereocenters. The van der Waals surface area contributed by atoms with Gasteiger partial charge in [0.05, 0.1) is 13.2 Å². The Morgan fingerprint density at radius 2 is 2.05 bits per heavy atom. The number of ether oxygens (including phenoxy) is 1. The molecule has 0 aliphatic carbocycles. The number of rotatable bonds is 6. The molecule has 7 heteroatoms. The summed E-state index contributed by atoms with van der Waals surface area (Å²) >= 11 is -0.211. The second-order valence-corrected chi connectivity index (χ2v) is 5.03. The fraction of sp³-hybridized carbons (Fsp3) is 0.357. The zero-order valence-corrected chi connectivity index (χ0v) is 12.1. The molecule has 1 N–H and O–H groups in total. The highest BCUT2D eigenvalue weighted by molar-refractivity contribution is 8.00. The van der Waals surface area contributed by atoms with E-state index in [1.165, 1.54) is 24.3 Å². The van der Waals surface area contributed by atoms with E-state index in [9.17, 15) is 18.0 Å². The Hall–Kier alpha value is -1.65. The fourth-order valence-electron chi connectivity index (χ4n) is 1.59. The largest absolute Gasteiger partial charge is 0.465 e. The predicted octanol–water partition coefficient (Wildman–Crippen LogP) is 3.13. The molecule has 1 aromatic rings. The first-order chi connectivity index (χ1) is 9.87. The molecule has 114 valence electrons. The molecule has 0 aromatic heterocycles. The van der Waals surface area contributed by atoms with Crippen molar-refractivity contribution in [2.45, 2.75) is 23.4 Å². The Labute approximate surface area is 125 Å². The summed E-state index contributed by atoms with van der Waals surface area (Å²) in [6, 6.07) is 4.69. The molecule has 1 rings (SSSR count). The molecular weight excluding hydrogens is 303 g/mol. The predicted molar refractivity (Wildman–Crippen MR) is 74.6 cm³/mol. The van der Waals surface area contributed by atoms with Gasteiger partial charge in [-0.05, 0) is 36.4 Å². The molecule has 0 radical (unpaired) electrons. The van der Waals surface area contributed by atoms with Gasteiger partial charge in [0, 0.05) is 4.90 Å². The summed E-state index contributed by atoms with van der Waals surface area (Å²) in [4.78, 5) is 11.9. The highest BCUT2D eigenvalue weighted by atomic mass is 32.2. The number of hydrogen-bond donors (Lipinski definition) is 1. The Kier molecular flexibility index (Phi) is 6.59. The quantitative estimate of drug-likeness (QED) is 0.497. The summed E-state index contributed by atoms with van der Waals surface area (Å²) in [6.07, 6.45) is 5.13. The molecular formula is C14H14F3NO2S. The minimum atomic E-state index is -4.34. The van der Waals surface area contributed by atoms with Crippen molar-refractivity contribution >= 4 is 17.7 Å². The topological polar surface area (TPSA) is 38.3 Å². The van der Waals surface area contributed by atoms with Crippen LogP contribution >= 0.6 is 11.8 Å². The van der Waals surface area contributed by atoms with E-state index in [1.54, 1.807) is 6.92 Å². The second-order valence-electron chi connectivity index (χ2n) is 3.89. The van der Waals surface area contributed by atoms with Crippen molar-refractivity contribution in [3.05, 3.63) is 29.8 Å². The number of hydrogen-bond acceptors (Lipinski definition) is 4. The van der Waals surface area contributed by atoms with Crippen molar-refractivity contribution in [3.8, 4) is 12.3 Å². The van der Waals surface area contributed by atoms with Crippen LogP contribution in [0.4, 0.5) is 13.2 Å². The lowest BCUT2D eigenvalue weighted by atomic mass is 10.1. The van der Waals surface area contributed by atoms with E-state index in [2.05, 4.69) is 11.2 Å². The first kappa shape index (κ1) is 17.4. The van der Waals surface area contributed by atoms with Crippen molar-refractivity contribution in [2.24, 2.45) is 0 Å². The van der Waals surface area contributed by atoms with Gasteiger partial charge in [-0.3, -0.25) is 5.32 Å². The Bertz CT molecular complexity index is 508. The normalized spacial score (nSPS) is 12.5. The molecule has 0 saturated heterocycles. The first-order valence-corrected chi connectivity index (χ1v) is 6.88. The van der Waals surface area contributed by atoms with Gasteiger partial charge in [0.1, 0.15) is 6.04 Å². The zero-order chi connectivity index (χ0) is 15.9. The van der Waals surface area contributed by atoms with Crippen molar-refractivity contribution < 1.29 is 22.7 Å². The molecule has 0 bridgehead atoms. The smallest absolute Gasteiger partial charge is 0.446 e. The van der Waals surface area contributed by atoms with Crippen LogP contribution in [0.3, 0.4) is 0 Å². The van der Waals surface area contributed by atoms with E-state index in [0.717, 1.165) is 0 Å². The van der Waals surface area contributed by atoms with Crippen molar-refractivity contribution in [1.29, 1.82) is 0 Å². The summed E-state index contributed by atoms with van der Waals surface area (Å²) in [5.41, 5.74) is -3.85. The monoisotopic (exact) mass is 317 g/mol. The number of alkyl halides is 3. The van der Waals surface area contributed by atoms with Crippen LogP contribution in [0.2, 0.25) is 0 Å². The highest BCUT2D eigenvalue weighted by Crippen LogP contribution is 2.37. The number of nitrogens with one attached hydrogen (secondary N) is 1. The van der Waals surface area contributed by atoms with Gasteiger partial charge in [0.25, 0.3) is 0 Å². The summed E-state index contributed by atoms with van der Waals surface area (Å²) in [7, 11) is 0. The highest BCUT2D eigenvalue weighted by Gasteiger charge is 2.29. The van der Waals surface area contributed by atoms with Crippen LogP contribution in [0.25, 0.3) is 0 Å². The molecule has 0 aliphatic heterocycles. The number of terminal acetylenes is 1. The summed E-state index contributed by atoms with van der Waals surface area (Å²) in [6.45, 7) is 2.01. The maximum absolute atomic E-state index is 12.2. The van der Waals surface area contributed by atoms with Crippen LogP contribution in [-0.2, 0) is 9.53 Å². The van der Waals surface area contributed by atoms with E-state index >= 15 is 0 Å². The molecule has 0 fully saturated rings. The minimum absolute atomic E-state index is 0.0470. The van der Waals surface area contributed by atoms with Crippen molar-refractivity contribution in [2.75, 3.05) is 13.2 Å². The van der Waals surface area contributed by atoms with Gasteiger partial charge in [-0.25, -0.2) is 4.79 Å². The molecule has 21 heavy (non-hydrogen) atoms. The van der Waals surface area contributed by atoms with E-state index < -0.39 is 17.5 Å². The first-order valence-electron chi connectivity index (χ1n) is 6.06. The Morgan fingerprint density at radius 1 is 1.43 bits per heavy atom. The average Bonchev–Trinajstić information content (AvgIpc) is 2.39. The fourth-order valence-corrected chi connectivity index (χ4v) is 2.13. The molecule has 0 heterocycles. The van der Waals surface area contributed by atoms with Crippen LogP contribution in [0.5, 0.6) is 0 Å². The number of benzene rings is 1. The Morgan fingerprint density at radius 3 is 2.52 bits per heavy atom. The molecule has 0 saturated carbocycles. The van der Waals surface area contributed by atoms with E-state index in [1.807, 2.05) is 0 Å². The number of halogens is 3. The number of thioether (sulfide) groups is 1. The standard InChI is InChI=1S/C14H14F3NO2S/c1-3-9-18-12(13(19)20-4-2)10-5-7-11(8-6-10)21-14(15,16)17/h1,5-8,12,18H,4,9H2,2H3. The third-order valence-electron chi connectivity index (χ3n) is 2.38. The van der Waals surface area contributed by atoms with Crippen LogP contribution in [-0.4, -0.2) is 24.6 Å². The van der Waals surface area contributed by atoms with Gasteiger partial charge in [-0.1, -0.05) is 18.1 Å². The lowest BCUT2D eigenvalue weighted by Crippen LogP contribution is -2.30. The molecule has 1 atom stereocenters. The number of carbonyl (C=O) groups excluding carboxylic acids is 1. The van der Waals surface area contributed by atoms with Gasteiger partial charge in [-0.15, -0.1) is 6.42 Å². The minimum Gasteiger partial charge on any atom is -0.465 e. The van der Waals surface area contributed by atoms with Gasteiger partial charge >= 0.3 is 11.5 Å². The van der Waals surface area contributed by atoms with Crippen LogP contribution in [0.1, 0.15) is 18.5 Å². The number of esters is 1.